The Bertz CT molecular complexity index is 361. The molecule has 0 spiro atoms. The lowest BCUT2D eigenvalue weighted by atomic mass is 9.97. The molecule has 1 heterocycles. The maximum atomic E-state index is 11.8. The van der Waals surface area contributed by atoms with E-state index < -0.39 is 0 Å². The van der Waals surface area contributed by atoms with Crippen molar-refractivity contribution < 1.29 is 9.53 Å². The number of likely N-dealkylation sites (tertiary alicyclic amines) is 1. The number of nitrogens with one attached hydrogen (secondary N) is 1. The average molecular weight is 325 g/mol. The number of piperidine rings is 1. The fourth-order valence-corrected chi connectivity index (χ4v) is 2.86. The molecule has 0 bridgehead atoms. The summed E-state index contributed by atoms with van der Waals surface area (Å²) in [6.07, 6.45) is 5.38. The van der Waals surface area contributed by atoms with Gasteiger partial charge in [-0.3, -0.25) is 9.79 Å². The molecule has 1 aliphatic heterocycles. The number of aliphatic imine (C=N–C) groups is 1. The SMILES string of the molecule is CCNC(=NCCCCC(C)C)N1CCC(C(=O)OCC)CC1. The van der Waals surface area contributed by atoms with Crippen LogP contribution >= 0.6 is 0 Å². The number of nitrogens with zero attached hydrogens (tertiary/aromatic N) is 2. The average Bonchev–Trinajstić information content (AvgIpc) is 2.53. The molecule has 0 atom stereocenters. The van der Waals surface area contributed by atoms with Crippen LogP contribution in [0.15, 0.2) is 4.99 Å². The number of hydrogen-bond acceptors (Lipinski definition) is 3. The van der Waals surface area contributed by atoms with Crippen LogP contribution in [0.4, 0.5) is 0 Å². The molecule has 5 heteroatoms. The first-order valence-corrected chi connectivity index (χ1v) is 9.28. The van der Waals surface area contributed by atoms with Gasteiger partial charge in [0.15, 0.2) is 5.96 Å². The van der Waals surface area contributed by atoms with Gasteiger partial charge in [0, 0.05) is 26.2 Å². The normalized spacial score (nSPS) is 16.7. The predicted octanol–water partition coefficient (Wildman–Crippen LogP) is 3.05. The number of ether oxygens (including phenoxy) is 1. The standard InChI is InChI=1S/C18H35N3O2/c1-5-19-18(20-12-8-7-9-15(3)4)21-13-10-16(11-14-21)17(22)23-6-2/h15-16H,5-14H2,1-4H3,(H,19,20). The molecule has 0 amide bonds. The van der Waals surface area contributed by atoms with Crippen molar-refractivity contribution in [2.75, 3.05) is 32.8 Å². The maximum Gasteiger partial charge on any atom is 0.309 e. The smallest absolute Gasteiger partial charge is 0.309 e. The van der Waals surface area contributed by atoms with Gasteiger partial charge in [-0.15, -0.1) is 0 Å². The molecule has 1 saturated heterocycles. The van der Waals surface area contributed by atoms with Crippen molar-refractivity contribution in [3.05, 3.63) is 0 Å². The molecule has 1 aliphatic rings. The van der Waals surface area contributed by atoms with Gasteiger partial charge in [0.05, 0.1) is 12.5 Å². The highest BCUT2D eigenvalue weighted by Crippen LogP contribution is 2.18. The summed E-state index contributed by atoms with van der Waals surface area (Å²) in [5.74, 6) is 1.79. The highest BCUT2D eigenvalue weighted by atomic mass is 16.5. The summed E-state index contributed by atoms with van der Waals surface area (Å²) in [5.41, 5.74) is 0. The van der Waals surface area contributed by atoms with Crippen molar-refractivity contribution in [1.29, 1.82) is 0 Å². The van der Waals surface area contributed by atoms with E-state index >= 15 is 0 Å². The van der Waals surface area contributed by atoms with E-state index in [1.165, 1.54) is 12.8 Å². The van der Waals surface area contributed by atoms with Crippen LogP contribution < -0.4 is 5.32 Å². The largest absolute Gasteiger partial charge is 0.466 e. The minimum atomic E-state index is -0.0391. The third-order valence-electron chi connectivity index (χ3n) is 4.20. The highest BCUT2D eigenvalue weighted by Gasteiger charge is 2.27. The van der Waals surface area contributed by atoms with E-state index in [2.05, 4.69) is 31.0 Å². The van der Waals surface area contributed by atoms with Crippen LogP contribution in [0.5, 0.6) is 0 Å². The zero-order valence-corrected chi connectivity index (χ0v) is 15.4. The quantitative estimate of drug-likeness (QED) is 0.322. The lowest BCUT2D eigenvalue weighted by Gasteiger charge is -2.33. The zero-order valence-electron chi connectivity index (χ0n) is 15.4. The van der Waals surface area contributed by atoms with Crippen molar-refractivity contribution in [3.63, 3.8) is 0 Å². The van der Waals surface area contributed by atoms with Gasteiger partial charge < -0.3 is 15.0 Å². The van der Waals surface area contributed by atoms with Gasteiger partial charge in [-0.05, 0) is 39.0 Å². The Morgan fingerprint density at radius 1 is 1.26 bits per heavy atom. The second-order valence-electron chi connectivity index (χ2n) is 6.64. The summed E-state index contributed by atoms with van der Waals surface area (Å²) < 4.78 is 5.13. The molecule has 0 radical (unpaired) electrons. The summed E-state index contributed by atoms with van der Waals surface area (Å²) >= 11 is 0. The molecular weight excluding hydrogens is 290 g/mol. The third kappa shape index (κ3) is 7.71. The molecule has 23 heavy (non-hydrogen) atoms. The lowest BCUT2D eigenvalue weighted by Crippen LogP contribution is -2.46. The number of esters is 1. The van der Waals surface area contributed by atoms with E-state index in [-0.39, 0.29) is 11.9 Å². The van der Waals surface area contributed by atoms with Crippen molar-refractivity contribution in [2.45, 2.75) is 59.8 Å². The highest BCUT2D eigenvalue weighted by molar-refractivity contribution is 5.80. The summed E-state index contributed by atoms with van der Waals surface area (Å²) in [6, 6.07) is 0. The maximum absolute atomic E-state index is 11.8. The minimum absolute atomic E-state index is 0.0391. The van der Waals surface area contributed by atoms with Gasteiger partial charge in [0.25, 0.3) is 0 Å². The molecule has 0 aromatic carbocycles. The molecular formula is C18H35N3O2. The molecule has 0 aromatic rings. The third-order valence-corrected chi connectivity index (χ3v) is 4.20. The summed E-state index contributed by atoms with van der Waals surface area (Å²) in [6.45, 7) is 12.5. The van der Waals surface area contributed by atoms with Crippen LogP contribution in [0.3, 0.4) is 0 Å². The van der Waals surface area contributed by atoms with Crippen LogP contribution in [0.1, 0.15) is 59.8 Å². The zero-order chi connectivity index (χ0) is 17.1. The Balaban J connectivity index is 2.41. The Morgan fingerprint density at radius 2 is 1.96 bits per heavy atom. The molecule has 1 fully saturated rings. The van der Waals surface area contributed by atoms with Crippen molar-refractivity contribution in [3.8, 4) is 0 Å². The fraction of sp³-hybridized carbons (Fsp3) is 0.889. The minimum Gasteiger partial charge on any atom is -0.466 e. The molecule has 1 rings (SSSR count). The molecule has 5 nitrogen and oxygen atoms in total. The van der Waals surface area contributed by atoms with E-state index in [1.807, 2.05) is 6.92 Å². The van der Waals surface area contributed by atoms with E-state index in [0.29, 0.717) is 6.61 Å². The number of unbranched alkanes of at least 4 members (excludes halogenated alkanes) is 1. The van der Waals surface area contributed by atoms with E-state index in [4.69, 9.17) is 9.73 Å². The fourth-order valence-electron chi connectivity index (χ4n) is 2.86. The van der Waals surface area contributed by atoms with Crippen LogP contribution in [0.2, 0.25) is 0 Å². The van der Waals surface area contributed by atoms with Crippen LogP contribution in [0, 0.1) is 11.8 Å². The molecule has 0 aromatic heterocycles. The van der Waals surface area contributed by atoms with Gasteiger partial charge in [-0.1, -0.05) is 26.7 Å². The first-order chi connectivity index (χ1) is 11.1. The van der Waals surface area contributed by atoms with Crippen molar-refractivity contribution >= 4 is 11.9 Å². The van der Waals surface area contributed by atoms with Gasteiger partial charge in [-0.2, -0.15) is 0 Å². The van der Waals surface area contributed by atoms with E-state index in [0.717, 1.165) is 57.3 Å². The van der Waals surface area contributed by atoms with E-state index in [1.54, 1.807) is 0 Å². The molecule has 0 saturated carbocycles. The second kappa shape index (κ2) is 11.3. The predicted molar refractivity (Wildman–Crippen MR) is 95.6 cm³/mol. The summed E-state index contributed by atoms with van der Waals surface area (Å²) in [7, 11) is 0. The first-order valence-electron chi connectivity index (χ1n) is 9.28. The van der Waals surface area contributed by atoms with Gasteiger partial charge in [0.1, 0.15) is 0 Å². The molecule has 134 valence electrons. The van der Waals surface area contributed by atoms with E-state index in [9.17, 15) is 4.79 Å². The number of rotatable bonds is 8. The van der Waals surface area contributed by atoms with Crippen molar-refractivity contribution in [1.82, 2.24) is 10.2 Å². The van der Waals surface area contributed by atoms with Gasteiger partial charge in [0.2, 0.25) is 0 Å². The number of carbonyl (C=O) groups excluding carboxylic acids is 1. The Morgan fingerprint density at radius 3 is 2.52 bits per heavy atom. The number of guanidine groups is 1. The lowest BCUT2D eigenvalue weighted by molar-refractivity contribution is -0.149. The summed E-state index contributed by atoms with van der Waals surface area (Å²) in [5, 5.41) is 3.38. The summed E-state index contributed by atoms with van der Waals surface area (Å²) in [4.78, 5) is 18.8. The molecule has 0 unspecified atom stereocenters. The van der Waals surface area contributed by atoms with Crippen LogP contribution in [-0.2, 0) is 9.53 Å². The van der Waals surface area contributed by atoms with Crippen molar-refractivity contribution in [2.24, 2.45) is 16.8 Å². The van der Waals surface area contributed by atoms with Gasteiger partial charge >= 0.3 is 5.97 Å². The number of hydrogen-bond donors (Lipinski definition) is 1. The Labute approximate surface area is 141 Å². The second-order valence-corrected chi connectivity index (χ2v) is 6.64. The van der Waals surface area contributed by atoms with Crippen LogP contribution in [-0.4, -0.2) is 49.6 Å². The number of carbonyl (C=O) groups is 1. The van der Waals surface area contributed by atoms with Crippen LogP contribution in [0.25, 0.3) is 0 Å². The Kier molecular flexibility index (Phi) is 9.72. The molecule has 1 N–H and O–H groups in total. The monoisotopic (exact) mass is 325 g/mol. The first kappa shape index (κ1) is 19.8. The van der Waals surface area contributed by atoms with Gasteiger partial charge in [-0.25, -0.2) is 0 Å². The topological polar surface area (TPSA) is 53.9 Å². The molecule has 0 aliphatic carbocycles. The Hall–Kier alpha value is -1.26.